The van der Waals surface area contributed by atoms with Crippen molar-refractivity contribution in [1.82, 2.24) is 10.3 Å². The van der Waals surface area contributed by atoms with E-state index in [4.69, 9.17) is 4.98 Å². The lowest BCUT2D eigenvalue weighted by Gasteiger charge is -2.13. The zero-order valence-corrected chi connectivity index (χ0v) is 23.6. The van der Waals surface area contributed by atoms with Gasteiger partial charge < -0.3 is 10.6 Å². The predicted octanol–water partition coefficient (Wildman–Crippen LogP) is 8.16. The number of thioether (sulfide) groups is 2. The third-order valence-electron chi connectivity index (χ3n) is 4.41. The molecule has 0 spiro atoms. The summed E-state index contributed by atoms with van der Waals surface area (Å²) >= 11 is 5.29. The molecule has 2 aromatic rings. The molecule has 1 atom stereocenters. The van der Waals surface area contributed by atoms with Crippen molar-refractivity contribution in [1.29, 1.82) is 0 Å². The van der Waals surface area contributed by atoms with E-state index in [1.54, 1.807) is 23.1 Å². The SMILES string of the molecule is C#C.C=C(NC/C(=C/C)SCPCCC)S/C(=C\C)CNc1nc(-c2ccc(C)cc2)cs1. The summed E-state index contributed by atoms with van der Waals surface area (Å²) in [6, 6.07) is 8.49. The standard InChI is InChI=1S/C24H34N3PS3.C2H2/c1-6-13-28-17-30-21(7-2)14-25-19(5)31-22(8-3)15-26-24-27-23(16-29-24)20-11-9-18(4)10-12-20;1-2/h7-12,16,25,28H,5-6,13-15,17H2,1-4H3,(H,26,27);1-2H/b21-7-,22-8-;. The van der Waals surface area contributed by atoms with Crippen LogP contribution in [0.15, 0.2) is 63.2 Å². The zero-order chi connectivity index (χ0) is 24.5. The van der Waals surface area contributed by atoms with Crippen LogP contribution >= 0.6 is 43.4 Å². The van der Waals surface area contributed by atoms with Gasteiger partial charge in [-0.25, -0.2) is 4.98 Å². The quantitative estimate of drug-likeness (QED) is 0.150. The summed E-state index contributed by atoms with van der Waals surface area (Å²) < 4.78 is 0. The molecule has 1 heterocycles. The molecule has 0 bridgehead atoms. The van der Waals surface area contributed by atoms with Gasteiger partial charge in [0, 0.05) is 39.3 Å². The predicted molar refractivity (Wildman–Crippen MR) is 159 cm³/mol. The van der Waals surface area contributed by atoms with Gasteiger partial charge in [0.25, 0.3) is 0 Å². The van der Waals surface area contributed by atoms with Crippen LogP contribution in [0.2, 0.25) is 0 Å². The van der Waals surface area contributed by atoms with Gasteiger partial charge in [0.15, 0.2) is 5.13 Å². The fraction of sp³-hybridized carbons (Fsp3) is 0.346. The van der Waals surface area contributed by atoms with E-state index in [9.17, 15) is 0 Å². The summed E-state index contributed by atoms with van der Waals surface area (Å²) in [7, 11) is 1.05. The topological polar surface area (TPSA) is 37.0 Å². The van der Waals surface area contributed by atoms with E-state index in [1.165, 1.54) is 33.5 Å². The Balaban J connectivity index is 0.00000265. The van der Waals surface area contributed by atoms with Crippen LogP contribution < -0.4 is 10.6 Å². The number of allylic oxidation sites excluding steroid dienone is 2. The molecule has 0 fully saturated rings. The first kappa shape index (κ1) is 29.4. The van der Waals surface area contributed by atoms with Crippen LogP contribution in [0.4, 0.5) is 5.13 Å². The average Bonchev–Trinajstić information content (AvgIpc) is 3.32. The number of thiazole rings is 1. The summed E-state index contributed by atoms with van der Waals surface area (Å²) in [5.74, 6) is 0. The second kappa shape index (κ2) is 17.8. The Labute approximate surface area is 215 Å². The summed E-state index contributed by atoms with van der Waals surface area (Å²) in [5, 5.41) is 10.9. The monoisotopic (exact) mass is 517 g/mol. The van der Waals surface area contributed by atoms with Crippen LogP contribution in [0, 0.1) is 19.8 Å². The first-order valence-corrected chi connectivity index (χ1v) is 15.0. The van der Waals surface area contributed by atoms with Gasteiger partial charge in [0.05, 0.1) is 10.7 Å². The third kappa shape index (κ3) is 11.9. The number of nitrogens with one attached hydrogen (secondary N) is 2. The second-order valence-corrected chi connectivity index (χ2v) is 12.0. The molecule has 1 aromatic heterocycles. The van der Waals surface area contributed by atoms with Crippen molar-refractivity contribution in [2.24, 2.45) is 0 Å². The summed E-state index contributed by atoms with van der Waals surface area (Å²) in [6.07, 6.45) is 15.0. The maximum Gasteiger partial charge on any atom is 0.183 e. The molecule has 3 nitrogen and oxygen atoms in total. The molecule has 7 heteroatoms. The number of hydrogen-bond donors (Lipinski definition) is 2. The van der Waals surface area contributed by atoms with Crippen LogP contribution in [0.25, 0.3) is 11.3 Å². The minimum atomic E-state index is 0.742. The molecule has 0 aliphatic heterocycles. The van der Waals surface area contributed by atoms with E-state index in [0.29, 0.717) is 0 Å². The Kier molecular flexibility index (Phi) is 15.8. The highest BCUT2D eigenvalue weighted by molar-refractivity contribution is 8.07. The van der Waals surface area contributed by atoms with Crippen molar-refractivity contribution in [2.45, 2.75) is 34.1 Å². The Bertz CT molecular complexity index is 914. The van der Waals surface area contributed by atoms with Gasteiger partial charge in [-0.2, -0.15) is 0 Å². The normalized spacial score (nSPS) is 11.8. The van der Waals surface area contributed by atoms with E-state index in [0.717, 1.165) is 43.1 Å². The van der Waals surface area contributed by atoms with E-state index >= 15 is 0 Å². The number of aromatic nitrogens is 1. The van der Waals surface area contributed by atoms with Crippen molar-refractivity contribution >= 4 is 48.6 Å². The molecule has 33 heavy (non-hydrogen) atoms. The Morgan fingerprint density at radius 2 is 1.85 bits per heavy atom. The minimum absolute atomic E-state index is 0.742. The molecule has 2 N–H and O–H groups in total. The van der Waals surface area contributed by atoms with E-state index in [2.05, 4.69) is 99.6 Å². The smallest absolute Gasteiger partial charge is 0.183 e. The zero-order valence-electron chi connectivity index (χ0n) is 20.1. The van der Waals surface area contributed by atoms with Gasteiger partial charge >= 0.3 is 0 Å². The van der Waals surface area contributed by atoms with Gasteiger partial charge in [-0.1, -0.05) is 73.7 Å². The minimum Gasteiger partial charge on any atom is -0.375 e. The molecular formula is C26H36N3PS3. The van der Waals surface area contributed by atoms with Crippen LogP contribution in [-0.2, 0) is 0 Å². The Hall–Kier alpha value is -1.64. The number of aryl methyl sites for hydroxylation is 1. The molecule has 1 aromatic carbocycles. The van der Waals surface area contributed by atoms with Crippen LogP contribution in [0.1, 0.15) is 32.8 Å². The Morgan fingerprint density at radius 3 is 2.48 bits per heavy atom. The van der Waals surface area contributed by atoms with Crippen molar-refractivity contribution in [3.63, 3.8) is 0 Å². The molecule has 0 radical (unpaired) electrons. The fourth-order valence-corrected chi connectivity index (χ4v) is 6.44. The highest BCUT2D eigenvalue weighted by Crippen LogP contribution is 2.28. The molecule has 0 saturated heterocycles. The lowest BCUT2D eigenvalue weighted by Crippen LogP contribution is -2.14. The highest BCUT2D eigenvalue weighted by atomic mass is 32.2. The van der Waals surface area contributed by atoms with Crippen molar-refractivity contribution in [3.05, 3.63) is 68.8 Å². The maximum atomic E-state index is 4.73. The number of hydrogen-bond acceptors (Lipinski definition) is 6. The molecular weight excluding hydrogens is 481 g/mol. The van der Waals surface area contributed by atoms with Gasteiger partial charge in [0.2, 0.25) is 0 Å². The first-order valence-electron chi connectivity index (χ1n) is 10.9. The Morgan fingerprint density at radius 1 is 1.15 bits per heavy atom. The number of benzene rings is 1. The van der Waals surface area contributed by atoms with Gasteiger partial charge in [0.1, 0.15) is 0 Å². The maximum absolute atomic E-state index is 4.73. The fourth-order valence-electron chi connectivity index (χ4n) is 2.58. The van der Waals surface area contributed by atoms with Crippen molar-refractivity contribution in [3.8, 4) is 24.1 Å². The molecule has 0 aliphatic rings. The van der Waals surface area contributed by atoms with Crippen LogP contribution in [0.5, 0.6) is 0 Å². The highest BCUT2D eigenvalue weighted by Gasteiger charge is 2.07. The molecule has 2 rings (SSSR count). The number of rotatable bonds is 14. The third-order valence-corrected chi connectivity index (χ3v) is 9.24. The van der Waals surface area contributed by atoms with Crippen LogP contribution in [-0.4, -0.2) is 29.7 Å². The summed E-state index contributed by atoms with van der Waals surface area (Å²) in [6.45, 7) is 14.3. The van der Waals surface area contributed by atoms with E-state index in [-0.39, 0.29) is 0 Å². The molecule has 0 saturated carbocycles. The van der Waals surface area contributed by atoms with Crippen LogP contribution in [0.3, 0.4) is 0 Å². The lowest BCUT2D eigenvalue weighted by molar-refractivity contribution is 0.961. The van der Waals surface area contributed by atoms with Crippen molar-refractivity contribution < 1.29 is 0 Å². The molecule has 0 aliphatic carbocycles. The van der Waals surface area contributed by atoms with E-state index < -0.39 is 0 Å². The second-order valence-electron chi connectivity index (χ2n) is 6.93. The number of nitrogens with zero attached hydrogens (tertiary/aromatic N) is 1. The van der Waals surface area contributed by atoms with Gasteiger partial charge in [-0.15, -0.1) is 44.5 Å². The van der Waals surface area contributed by atoms with Gasteiger partial charge in [-0.05, 0) is 26.9 Å². The summed E-state index contributed by atoms with van der Waals surface area (Å²) in [5.41, 5.74) is 4.65. The largest absolute Gasteiger partial charge is 0.375 e. The molecule has 1 unspecified atom stereocenters. The van der Waals surface area contributed by atoms with Gasteiger partial charge in [-0.3, -0.25) is 0 Å². The number of anilines is 1. The molecule has 178 valence electrons. The first-order chi connectivity index (χ1) is 16.0. The number of terminal acetylenes is 1. The average molecular weight is 518 g/mol. The summed E-state index contributed by atoms with van der Waals surface area (Å²) in [4.78, 5) is 7.34. The van der Waals surface area contributed by atoms with Crippen molar-refractivity contribution in [2.75, 3.05) is 30.1 Å². The van der Waals surface area contributed by atoms with E-state index in [1.807, 2.05) is 11.8 Å². The lowest BCUT2D eigenvalue weighted by atomic mass is 10.1. The molecule has 0 amide bonds.